The molecule has 3 N–H and O–H groups in total. The normalized spacial score (nSPS) is 18.7. The van der Waals surface area contributed by atoms with Crippen LogP contribution in [0.1, 0.15) is 50.7 Å². The first-order valence-corrected chi connectivity index (χ1v) is 10.9. The Morgan fingerprint density at radius 1 is 0.968 bits per heavy atom. The molecule has 1 aliphatic carbocycles. The summed E-state index contributed by atoms with van der Waals surface area (Å²) in [6, 6.07) is 17.6. The number of hydrogen-bond donors (Lipinski definition) is 3. The van der Waals surface area contributed by atoms with Gasteiger partial charge in [0.1, 0.15) is 5.75 Å². The van der Waals surface area contributed by atoms with E-state index in [4.69, 9.17) is 4.74 Å². The average molecular weight is 424 g/mol. The molecule has 3 rings (SSSR count). The highest BCUT2D eigenvalue weighted by Crippen LogP contribution is 2.27. The van der Waals surface area contributed by atoms with E-state index in [1.165, 1.54) is 0 Å². The third kappa shape index (κ3) is 6.48. The van der Waals surface area contributed by atoms with Gasteiger partial charge in [0, 0.05) is 18.5 Å². The van der Waals surface area contributed by atoms with Crippen molar-refractivity contribution in [2.24, 2.45) is 5.92 Å². The predicted molar refractivity (Wildman–Crippen MR) is 122 cm³/mol. The van der Waals surface area contributed by atoms with E-state index in [1.807, 2.05) is 68.4 Å². The summed E-state index contributed by atoms with van der Waals surface area (Å²) in [6.07, 6.45) is 3.17. The van der Waals surface area contributed by atoms with E-state index in [-0.39, 0.29) is 23.9 Å². The first-order chi connectivity index (χ1) is 14.9. The number of hydrogen-bond acceptors (Lipinski definition) is 3. The molecule has 2 aromatic rings. The van der Waals surface area contributed by atoms with Gasteiger partial charge < -0.3 is 20.7 Å². The molecule has 2 aromatic carbocycles. The summed E-state index contributed by atoms with van der Waals surface area (Å²) >= 11 is 0. The van der Waals surface area contributed by atoms with Crippen molar-refractivity contribution in [2.75, 3.05) is 7.11 Å². The summed E-state index contributed by atoms with van der Waals surface area (Å²) in [5.41, 5.74) is 1.69. The van der Waals surface area contributed by atoms with Crippen molar-refractivity contribution in [2.45, 2.75) is 57.7 Å². The number of ether oxygens (including phenoxy) is 1. The Morgan fingerprint density at radius 2 is 1.61 bits per heavy atom. The number of nitrogens with one attached hydrogen (secondary N) is 3. The van der Waals surface area contributed by atoms with Crippen LogP contribution in [0, 0.1) is 5.92 Å². The molecule has 0 saturated heterocycles. The molecule has 0 heterocycles. The molecule has 1 saturated carbocycles. The van der Waals surface area contributed by atoms with Crippen molar-refractivity contribution in [3.63, 3.8) is 0 Å². The lowest BCUT2D eigenvalue weighted by Crippen LogP contribution is -2.47. The molecule has 166 valence electrons. The summed E-state index contributed by atoms with van der Waals surface area (Å²) in [5.74, 6) is 0.876. The van der Waals surface area contributed by atoms with Gasteiger partial charge in [0.05, 0.1) is 12.6 Å². The fourth-order valence-corrected chi connectivity index (χ4v) is 4.00. The lowest BCUT2D eigenvalue weighted by Gasteiger charge is -2.32. The van der Waals surface area contributed by atoms with Crippen LogP contribution in [0.2, 0.25) is 0 Å². The number of carbonyl (C=O) groups excluding carboxylic acids is 2. The van der Waals surface area contributed by atoms with Gasteiger partial charge in [0.2, 0.25) is 5.91 Å². The lowest BCUT2D eigenvalue weighted by molar-refractivity contribution is -0.127. The van der Waals surface area contributed by atoms with Crippen LogP contribution < -0.4 is 20.7 Å². The van der Waals surface area contributed by atoms with Crippen LogP contribution in [0.15, 0.2) is 54.6 Å². The summed E-state index contributed by atoms with van der Waals surface area (Å²) in [5, 5.41) is 9.13. The highest BCUT2D eigenvalue weighted by Gasteiger charge is 2.31. The molecule has 0 spiro atoms. The van der Waals surface area contributed by atoms with Crippen molar-refractivity contribution in [1.29, 1.82) is 0 Å². The van der Waals surface area contributed by atoms with Crippen LogP contribution in [0.4, 0.5) is 4.79 Å². The van der Waals surface area contributed by atoms with Gasteiger partial charge in [-0.05, 0) is 62.8 Å². The topological polar surface area (TPSA) is 79.5 Å². The van der Waals surface area contributed by atoms with E-state index in [0.717, 1.165) is 42.6 Å². The first-order valence-electron chi connectivity index (χ1n) is 10.9. The predicted octanol–water partition coefficient (Wildman–Crippen LogP) is 4.10. The quantitative estimate of drug-likeness (QED) is 0.627. The van der Waals surface area contributed by atoms with Crippen molar-refractivity contribution >= 4 is 11.9 Å². The Labute approximate surface area is 184 Å². The van der Waals surface area contributed by atoms with Gasteiger partial charge in [-0.1, -0.05) is 42.5 Å². The third-order valence-electron chi connectivity index (χ3n) is 5.98. The van der Waals surface area contributed by atoms with Crippen LogP contribution in [0.25, 0.3) is 0 Å². The molecule has 1 aliphatic rings. The van der Waals surface area contributed by atoms with E-state index in [2.05, 4.69) is 16.0 Å². The van der Waals surface area contributed by atoms with Gasteiger partial charge in [-0.2, -0.15) is 0 Å². The van der Waals surface area contributed by atoms with Crippen molar-refractivity contribution in [3.8, 4) is 5.75 Å². The number of urea groups is 1. The highest BCUT2D eigenvalue weighted by molar-refractivity contribution is 5.80. The summed E-state index contributed by atoms with van der Waals surface area (Å²) in [7, 11) is 1.63. The van der Waals surface area contributed by atoms with Crippen LogP contribution >= 0.6 is 0 Å². The number of methoxy groups -OCH3 is 1. The summed E-state index contributed by atoms with van der Waals surface area (Å²) < 4.78 is 5.14. The molecule has 3 amide bonds. The molecule has 31 heavy (non-hydrogen) atoms. The van der Waals surface area contributed by atoms with E-state index in [1.54, 1.807) is 7.11 Å². The second-order valence-electron chi connectivity index (χ2n) is 8.70. The van der Waals surface area contributed by atoms with Crippen LogP contribution in [-0.4, -0.2) is 25.1 Å². The smallest absolute Gasteiger partial charge is 0.315 e. The Bertz CT molecular complexity index is 857. The highest BCUT2D eigenvalue weighted by atomic mass is 16.5. The average Bonchev–Trinajstić information content (AvgIpc) is 2.79. The molecule has 0 aliphatic heterocycles. The number of amides is 3. The van der Waals surface area contributed by atoms with E-state index in [9.17, 15) is 9.59 Å². The molecule has 0 unspecified atom stereocenters. The van der Waals surface area contributed by atoms with Gasteiger partial charge in [-0.3, -0.25) is 4.79 Å². The van der Waals surface area contributed by atoms with Gasteiger partial charge >= 0.3 is 6.03 Å². The molecular formula is C25H33N3O3. The molecule has 6 heteroatoms. The Balaban J connectivity index is 1.40. The fourth-order valence-electron chi connectivity index (χ4n) is 4.00. The molecule has 0 bridgehead atoms. The summed E-state index contributed by atoms with van der Waals surface area (Å²) in [4.78, 5) is 25.0. The van der Waals surface area contributed by atoms with E-state index in [0.29, 0.717) is 6.54 Å². The number of carbonyl (C=O) groups is 2. The van der Waals surface area contributed by atoms with Gasteiger partial charge in [0.15, 0.2) is 0 Å². The van der Waals surface area contributed by atoms with Crippen LogP contribution in [0.3, 0.4) is 0 Å². The van der Waals surface area contributed by atoms with Gasteiger partial charge in [0.25, 0.3) is 0 Å². The SMILES string of the molecule is COc1ccc(CNC(=O)NC2CCC(C(=O)NC(C)(C)c3ccccc3)CC2)cc1. The molecule has 1 fully saturated rings. The molecule has 6 nitrogen and oxygen atoms in total. The second kappa shape index (κ2) is 10.3. The third-order valence-corrected chi connectivity index (χ3v) is 5.98. The Morgan fingerprint density at radius 3 is 2.23 bits per heavy atom. The second-order valence-corrected chi connectivity index (χ2v) is 8.70. The molecule has 0 radical (unpaired) electrons. The zero-order chi connectivity index (χ0) is 22.3. The maximum absolute atomic E-state index is 12.8. The van der Waals surface area contributed by atoms with Gasteiger partial charge in [-0.25, -0.2) is 4.79 Å². The minimum absolute atomic E-state index is 0.0107. The standard InChI is InChI=1S/C25H33N3O3/c1-25(2,20-7-5-4-6-8-20)28-23(29)19-11-13-21(14-12-19)27-24(30)26-17-18-9-15-22(31-3)16-10-18/h4-10,15-16,19,21H,11-14,17H2,1-3H3,(H,28,29)(H2,26,27,30). The van der Waals surface area contributed by atoms with Crippen LogP contribution in [-0.2, 0) is 16.9 Å². The Kier molecular flexibility index (Phi) is 7.55. The maximum atomic E-state index is 12.8. The monoisotopic (exact) mass is 423 g/mol. The molecular weight excluding hydrogens is 390 g/mol. The maximum Gasteiger partial charge on any atom is 0.315 e. The van der Waals surface area contributed by atoms with E-state index < -0.39 is 5.54 Å². The summed E-state index contributed by atoms with van der Waals surface area (Å²) in [6.45, 7) is 4.52. The van der Waals surface area contributed by atoms with Crippen molar-refractivity contribution < 1.29 is 14.3 Å². The first kappa shape index (κ1) is 22.7. The fraction of sp³-hybridized carbons (Fsp3) is 0.440. The largest absolute Gasteiger partial charge is 0.497 e. The van der Waals surface area contributed by atoms with Crippen LogP contribution in [0.5, 0.6) is 5.75 Å². The molecule has 0 atom stereocenters. The van der Waals surface area contributed by atoms with E-state index >= 15 is 0 Å². The lowest BCUT2D eigenvalue weighted by atomic mass is 9.84. The zero-order valence-corrected chi connectivity index (χ0v) is 18.6. The zero-order valence-electron chi connectivity index (χ0n) is 18.6. The number of rotatable bonds is 7. The van der Waals surface area contributed by atoms with Crippen molar-refractivity contribution in [3.05, 3.63) is 65.7 Å². The van der Waals surface area contributed by atoms with Crippen molar-refractivity contribution in [1.82, 2.24) is 16.0 Å². The van der Waals surface area contributed by atoms with Gasteiger partial charge in [-0.15, -0.1) is 0 Å². The minimum atomic E-state index is -0.408. The Hall–Kier alpha value is -3.02. The number of benzene rings is 2. The molecule has 0 aromatic heterocycles. The minimum Gasteiger partial charge on any atom is -0.497 e.